The number of hydrogen-bond donors (Lipinski definition) is 2. The van der Waals surface area contributed by atoms with E-state index < -0.39 is 0 Å². The van der Waals surface area contributed by atoms with Gasteiger partial charge in [0, 0.05) is 23.9 Å². The van der Waals surface area contributed by atoms with Gasteiger partial charge in [0.1, 0.15) is 0 Å². The highest BCUT2D eigenvalue weighted by molar-refractivity contribution is 7.80. The predicted octanol–water partition coefficient (Wildman–Crippen LogP) is 1.04. The molecular formula is C10H12N2OS. The van der Waals surface area contributed by atoms with Crippen LogP contribution in [0.25, 0.3) is 0 Å². The molecule has 2 N–H and O–H groups in total. The number of hydrogen-bond acceptors (Lipinski definition) is 3. The highest BCUT2D eigenvalue weighted by Gasteiger charge is 2.28. The Balaban J connectivity index is 2.32. The van der Waals surface area contributed by atoms with Gasteiger partial charge >= 0.3 is 0 Å². The minimum absolute atomic E-state index is 0.0459. The van der Waals surface area contributed by atoms with Crippen LogP contribution in [-0.2, 0) is 4.79 Å². The predicted molar refractivity (Wildman–Crippen MR) is 58.6 cm³/mol. The second-order valence-electron chi connectivity index (χ2n) is 3.46. The molecule has 1 aliphatic rings. The minimum Gasteiger partial charge on any atom is -0.326 e. The van der Waals surface area contributed by atoms with Gasteiger partial charge in [-0.3, -0.25) is 4.79 Å². The first-order valence-electron chi connectivity index (χ1n) is 4.52. The summed E-state index contributed by atoms with van der Waals surface area (Å²) in [7, 11) is 0. The quantitative estimate of drug-likeness (QED) is 0.677. The number of thiol groups is 1. The SMILES string of the molecule is NC1CC(=O)N(c2ccccc2S)C1. The zero-order chi connectivity index (χ0) is 10.1. The average molecular weight is 208 g/mol. The first-order chi connectivity index (χ1) is 6.68. The molecule has 1 heterocycles. The van der Waals surface area contributed by atoms with Crippen LogP contribution in [0, 0.1) is 0 Å². The molecule has 2 rings (SSSR count). The van der Waals surface area contributed by atoms with Crippen molar-refractivity contribution in [2.75, 3.05) is 11.4 Å². The number of amides is 1. The Hall–Kier alpha value is -1.00. The largest absolute Gasteiger partial charge is 0.326 e. The summed E-state index contributed by atoms with van der Waals surface area (Å²) in [5.41, 5.74) is 6.57. The zero-order valence-electron chi connectivity index (χ0n) is 7.68. The lowest BCUT2D eigenvalue weighted by atomic mass is 10.3. The molecule has 0 bridgehead atoms. The van der Waals surface area contributed by atoms with Gasteiger partial charge in [-0.1, -0.05) is 12.1 Å². The lowest BCUT2D eigenvalue weighted by molar-refractivity contribution is -0.117. The fourth-order valence-corrected chi connectivity index (χ4v) is 1.94. The summed E-state index contributed by atoms with van der Waals surface area (Å²) in [6.07, 6.45) is 0.433. The second-order valence-corrected chi connectivity index (χ2v) is 3.94. The van der Waals surface area contributed by atoms with Crippen molar-refractivity contribution < 1.29 is 4.79 Å². The minimum atomic E-state index is -0.0459. The van der Waals surface area contributed by atoms with E-state index in [9.17, 15) is 4.79 Å². The number of carbonyl (C=O) groups excluding carboxylic acids is 1. The topological polar surface area (TPSA) is 46.3 Å². The van der Waals surface area contributed by atoms with Crippen LogP contribution in [-0.4, -0.2) is 18.5 Å². The van der Waals surface area contributed by atoms with Gasteiger partial charge in [-0.15, -0.1) is 12.6 Å². The summed E-state index contributed by atoms with van der Waals surface area (Å²) in [5, 5.41) is 0. The molecule has 0 spiro atoms. The van der Waals surface area contributed by atoms with E-state index >= 15 is 0 Å². The normalized spacial score (nSPS) is 21.7. The van der Waals surface area contributed by atoms with Crippen molar-refractivity contribution >= 4 is 24.2 Å². The van der Waals surface area contributed by atoms with Crippen LogP contribution >= 0.6 is 12.6 Å². The summed E-state index contributed by atoms with van der Waals surface area (Å²) in [5.74, 6) is 0.0824. The Kier molecular flexibility index (Phi) is 2.48. The Morgan fingerprint density at radius 3 is 2.71 bits per heavy atom. The summed E-state index contributed by atoms with van der Waals surface area (Å²) in [4.78, 5) is 14.1. The lowest BCUT2D eigenvalue weighted by Crippen LogP contribution is -2.28. The number of nitrogens with zero attached hydrogens (tertiary/aromatic N) is 1. The van der Waals surface area contributed by atoms with Crippen LogP contribution in [0.5, 0.6) is 0 Å². The molecule has 0 aliphatic carbocycles. The van der Waals surface area contributed by atoms with Gasteiger partial charge < -0.3 is 10.6 Å². The van der Waals surface area contributed by atoms with Crippen LogP contribution in [0.2, 0.25) is 0 Å². The van der Waals surface area contributed by atoms with Crippen molar-refractivity contribution in [2.24, 2.45) is 5.73 Å². The number of para-hydroxylation sites is 1. The Morgan fingerprint density at radius 1 is 1.43 bits per heavy atom. The van der Waals surface area contributed by atoms with Crippen molar-refractivity contribution in [3.8, 4) is 0 Å². The third-order valence-corrected chi connectivity index (χ3v) is 2.71. The van der Waals surface area contributed by atoms with Gasteiger partial charge in [0.2, 0.25) is 5.91 Å². The van der Waals surface area contributed by atoms with Gasteiger partial charge in [0.25, 0.3) is 0 Å². The average Bonchev–Trinajstić information content (AvgIpc) is 2.46. The van der Waals surface area contributed by atoms with E-state index in [-0.39, 0.29) is 11.9 Å². The van der Waals surface area contributed by atoms with Crippen LogP contribution in [0.1, 0.15) is 6.42 Å². The number of rotatable bonds is 1. The Bertz CT molecular complexity index is 367. The van der Waals surface area contributed by atoms with Crippen molar-refractivity contribution in [1.29, 1.82) is 0 Å². The third kappa shape index (κ3) is 1.63. The smallest absolute Gasteiger partial charge is 0.228 e. The van der Waals surface area contributed by atoms with E-state index in [1.165, 1.54) is 0 Å². The van der Waals surface area contributed by atoms with Crippen LogP contribution in [0.4, 0.5) is 5.69 Å². The second kappa shape index (κ2) is 3.63. The fraction of sp³-hybridized carbons (Fsp3) is 0.300. The molecule has 0 radical (unpaired) electrons. The number of anilines is 1. The van der Waals surface area contributed by atoms with Crippen molar-refractivity contribution in [3.05, 3.63) is 24.3 Å². The monoisotopic (exact) mass is 208 g/mol. The van der Waals surface area contributed by atoms with Gasteiger partial charge in [0.05, 0.1) is 5.69 Å². The summed E-state index contributed by atoms with van der Waals surface area (Å²) in [6, 6.07) is 7.50. The van der Waals surface area contributed by atoms with E-state index in [4.69, 9.17) is 5.73 Å². The van der Waals surface area contributed by atoms with Crippen molar-refractivity contribution in [1.82, 2.24) is 0 Å². The molecule has 1 fully saturated rings. The molecule has 1 amide bonds. The van der Waals surface area contributed by atoms with E-state index in [0.717, 1.165) is 10.6 Å². The molecule has 3 nitrogen and oxygen atoms in total. The van der Waals surface area contributed by atoms with Gasteiger partial charge in [-0.05, 0) is 12.1 Å². The molecular weight excluding hydrogens is 196 g/mol. The van der Waals surface area contributed by atoms with E-state index in [1.807, 2.05) is 24.3 Å². The summed E-state index contributed by atoms with van der Waals surface area (Å²) >= 11 is 4.31. The molecule has 1 saturated heterocycles. The van der Waals surface area contributed by atoms with Crippen molar-refractivity contribution in [3.63, 3.8) is 0 Å². The van der Waals surface area contributed by atoms with Gasteiger partial charge in [0.15, 0.2) is 0 Å². The molecule has 1 unspecified atom stereocenters. The highest BCUT2D eigenvalue weighted by Crippen LogP contribution is 2.27. The number of carbonyl (C=O) groups is 1. The van der Waals surface area contributed by atoms with Crippen LogP contribution in [0.15, 0.2) is 29.2 Å². The molecule has 1 aromatic rings. The lowest BCUT2D eigenvalue weighted by Gasteiger charge is -2.17. The molecule has 0 saturated carbocycles. The highest BCUT2D eigenvalue weighted by atomic mass is 32.1. The maximum atomic E-state index is 11.5. The number of benzene rings is 1. The molecule has 4 heteroatoms. The van der Waals surface area contributed by atoms with Gasteiger partial charge in [-0.2, -0.15) is 0 Å². The molecule has 1 aliphatic heterocycles. The van der Waals surface area contributed by atoms with Crippen LogP contribution < -0.4 is 10.6 Å². The molecule has 1 atom stereocenters. The third-order valence-electron chi connectivity index (χ3n) is 2.33. The first kappa shape index (κ1) is 9.55. The van der Waals surface area contributed by atoms with E-state index in [0.29, 0.717) is 13.0 Å². The number of nitrogens with two attached hydrogens (primary N) is 1. The Labute approximate surface area is 88.3 Å². The van der Waals surface area contributed by atoms with Crippen molar-refractivity contribution in [2.45, 2.75) is 17.4 Å². The summed E-state index contributed by atoms with van der Waals surface area (Å²) < 4.78 is 0. The molecule has 14 heavy (non-hydrogen) atoms. The Morgan fingerprint density at radius 2 is 2.14 bits per heavy atom. The fourth-order valence-electron chi connectivity index (χ4n) is 1.66. The van der Waals surface area contributed by atoms with Crippen LogP contribution in [0.3, 0.4) is 0 Å². The maximum absolute atomic E-state index is 11.5. The summed E-state index contributed by atoms with van der Waals surface area (Å²) in [6.45, 7) is 0.594. The molecule has 0 aromatic heterocycles. The maximum Gasteiger partial charge on any atom is 0.228 e. The van der Waals surface area contributed by atoms with E-state index in [1.54, 1.807) is 4.90 Å². The first-order valence-corrected chi connectivity index (χ1v) is 4.97. The molecule has 1 aromatic carbocycles. The standard InChI is InChI=1S/C10H12N2OS/c11-7-5-10(13)12(6-7)8-3-1-2-4-9(8)14/h1-4,7,14H,5-6,11H2. The molecule has 74 valence electrons. The van der Waals surface area contributed by atoms with E-state index in [2.05, 4.69) is 12.6 Å². The zero-order valence-corrected chi connectivity index (χ0v) is 8.58. The van der Waals surface area contributed by atoms with Gasteiger partial charge in [-0.25, -0.2) is 0 Å².